The number of ether oxygens (including phenoxy) is 1. The van der Waals surface area contributed by atoms with Crippen molar-refractivity contribution in [3.8, 4) is 5.88 Å². The van der Waals surface area contributed by atoms with E-state index in [-0.39, 0.29) is 30.9 Å². The molecule has 1 N–H and O–H groups in total. The van der Waals surface area contributed by atoms with Crippen molar-refractivity contribution in [2.24, 2.45) is 0 Å². The highest BCUT2D eigenvalue weighted by molar-refractivity contribution is 6.01. The second-order valence-electron chi connectivity index (χ2n) is 4.33. The average molecular weight is 263 g/mol. The van der Waals surface area contributed by atoms with Crippen LogP contribution in [0.1, 0.15) is 19.0 Å². The van der Waals surface area contributed by atoms with E-state index in [1.807, 2.05) is 6.92 Å². The van der Waals surface area contributed by atoms with Crippen LogP contribution in [0.15, 0.2) is 18.2 Å². The normalized spacial score (nSPS) is 19.7. The fourth-order valence-electron chi connectivity index (χ4n) is 2.01. The highest BCUT2D eigenvalue weighted by Gasteiger charge is 2.32. The van der Waals surface area contributed by atoms with Crippen molar-refractivity contribution >= 4 is 11.8 Å². The van der Waals surface area contributed by atoms with Crippen LogP contribution in [0.3, 0.4) is 0 Å². The summed E-state index contributed by atoms with van der Waals surface area (Å²) in [7, 11) is 1.53. The smallest absolute Gasteiger partial charge is 0.246 e. The topological polar surface area (TPSA) is 71.5 Å². The van der Waals surface area contributed by atoms with Crippen molar-refractivity contribution < 1.29 is 14.3 Å². The minimum atomic E-state index is -0.289. The van der Waals surface area contributed by atoms with E-state index in [0.29, 0.717) is 18.0 Å². The molecule has 0 saturated carbocycles. The molecule has 2 rings (SSSR count). The first kappa shape index (κ1) is 13.5. The maximum atomic E-state index is 12.1. The molecule has 1 saturated heterocycles. The number of imide groups is 1. The van der Waals surface area contributed by atoms with Crippen LogP contribution < -0.4 is 10.1 Å². The number of hydrogen-bond acceptors (Lipinski definition) is 5. The van der Waals surface area contributed by atoms with Gasteiger partial charge in [0.05, 0.1) is 31.9 Å². The summed E-state index contributed by atoms with van der Waals surface area (Å²) in [6.07, 6.45) is 0.661. The van der Waals surface area contributed by atoms with Gasteiger partial charge in [0.1, 0.15) is 0 Å². The second kappa shape index (κ2) is 5.79. The number of carbonyl (C=O) groups excluding carboxylic acids is 2. The zero-order chi connectivity index (χ0) is 13.8. The Balaban J connectivity index is 2.15. The van der Waals surface area contributed by atoms with Crippen molar-refractivity contribution in [3.05, 3.63) is 23.9 Å². The molecule has 1 atom stereocenters. The molecule has 1 aromatic heterocycles. The van der Waals surface area contributed by atoms with Gasteiger partial charge in [-0.25, -0.2) is 4.98 Å². The summed E-state index contributed by atoms with van der Waals surface area (Å²) in [6.45, 7) is 2.29. The molecule has 0 aromatic carbocycles. The van der Waals surface area contributed by atoms with Crippen LogP contribution in [0.25, 0.3) is 0 Å². The Morgan fingerprint density at radius 3 is 2.95 bits per heavy atom. The van der Waals surface area contributed by atoms with Crippen molar-refractivity contribution in [2.75, 3.05) is 13.7 Å². The molecular weight excluding hydrogens is 246 g/mol. The highest BCUT2D eigenvalue weighted by atomic mass is 16.5. The second-order valence-corrected chi connectivity index (χ2v) is 4.33. The molecule has 1 fully saturated rings. The zero-order valence-corrected chi connectivity index (χ0v) is 11.0. The van der Waals surface area contributed by atoms with Gasteiger partial charge in [-0.2, -0.15) is 0 Å². The van der Waals surface area contributed by atoms with Crippen molar-refractivity contribution in [1.29, 1.82) is 0 Å². The lowest BCUT2D eigenvalue weighted by Crippen LogP contribution is -2.57. The molecule has 1 aliphatic rings. The Bertz CT molecular complexity index is 490. The third kappa shape index (κ3) is 2.90. The number of amides is 2. The molecule has 1 unspecified atom stereocenters. The summed E-state index contributed by atoms with van der Waals surface area (Å²) in [5.74, 6) is 0.0577. The third-order valence-electron chi connectivity index (χ3n) is 3.08. The summed E-state index contributed by atoms with van der Waals surface area (Å²) in [6, 6.07) is 4.99. The number of rotatable bonds is 4. The summed E-state index contributed by atoms with van der Waals surface area (Å²) in [5, 5.41) is 2.92. The van der Waals surface area contributed by atoms with E-state index >= 15 is 0 Å². The largest absolute Gasteiger partial charge is 0.481 e. The van der Waals surface area contributed by atoms with Gasteiger partial charge in [-0.05, 0) is 12.5 Å². The SMILES string of the molecule is CCC1NCC(=O)N(Cc2cccc(OC)n2)C1=O. The van der Waals surface area contributed by atoms with Crippen LogP contribution >= 0.6 is 0 Å². The van der Waals surface area contributed by atoms with E-state index in [9.17, 15) is 9.59 Å². The lowest BCUT2D eigenvalue weighted by atomic mass is 10.1. The lowest BCUT2D eigenvalue weighted by Gasteiger charge is -2.30. The van der Waals surface area contributed by atoms with E-state index in [0.717, 1.165) is 0 Å². The third-order valence-corrected chi connectivity index (χ3v) is 3.08. The first-order valence-electron chi connectivity index (χ1n) is 6.23. The summed E-state index contributed by atoms with van der Waals surface area (Å²) in [4.78, 5) is 29.4. The van der Waals surface area contributed by atoms with Gasteiger partial charge in [-0.15, -0.1) is 0 Å². The standard InChI is InChI=1S/C13H17N3O3/c1-3-10-13(18)16(12(17)7-14-10)8-9-5-4-6-11(15-9)19-2/h4-6,10,14H,3,7-8H2,1-2H3. The van der Waals surface area contributed by atoms with E-state index in [2.05, 4.69) is 10.3 Å². The Hall–Kier alpha value is -1.95. The fourth-order valence-corrected chi connectivity index (χ4v) is 2.01. The van der Waals surface area contributed by atoms with Crippen LogP contribution in [0.4, 0.5) is 0 Å². The Kier molecular flexibility index (Phi) is 4.11. The molecule has 0 spiro atoms. The summed E-state index contributed by atoms with van der Waals surface area (Å²) in [5.41, 5.74) is 0.637. The molecule has 6 nitrogen and oxygen atoms in total. The fraction of sp³-hybridized carbons (Fsp3) is 0.462. The number of hydrogen-bond donors (Lipinski definition) is 1. The highest BCUT2D eigenvalue weighted by Crippen LogP contribution is 2.12. The predicted octanol–water partition coefficient (Wildman–Crippen LogP) is 0.327. The van der Waals surface area contributed by atoms with Gasteiger partial charge in [0.2, 0.25) is 17.7 Å². The number of nitrogens with zero attached hydrogens (tertiary/aromatic N) is 2. The lowest BCUT2D eigenvalue weighted by molar-refractivity contribution is -0.150. The number of piperazine rings is 1. The molecule has 0 aliphatic carbocycles. The molecule has 2 heterocycles. The Labute approximate surface area is 111 Å². The molecular formula is C13H17N3O3. The zero-order valence-electron chi connectivity index (χ0n) is 11.0. The molecule has 19 heavy (non-hydrogen) atoms. The minimum absolute atomic E-state index is 0.188. The summed E-state index contributed by atoms with van der Waals surface area (Å²) >= 11 is 0. The van der Waals surface area contributed by atoms with E-state index in [4.69, 9.17) is 4.74 Å². The number of aromatic nitrogens is 1. The Morgan fingerprint density at radius 2 is 2.26 bits per heavy atom. The minimum Gasteiger partial charge on any atom is -0.481 e. The quantitative estimate of drug-likeness (QED) is 0.792. The van der Waals surface area contributed by atoms with E-state index in [1.54, 1.807) is 18.2 Å². The molecule has 2 amide bonds. The van der Waals surface area contributed by atoms with E-state index in [1.165, 1.54) is 12.0 Å². The van der Waals surface area contributed by atoms with Gasteiger partial charge >= 0.3 is 0 Å². The molecule has 0 radical (unpaired) electrons. The summed E-state index contributed by atoms with van der Waals surface area (Å²) < 4.78 is 5.03. The van der Waals surface area contributed by atoms with Crippen LogP contribution in [-0.2, 0) is 16.1 Å². The van der Waals surface area contributed by atoms with Crippen LogP contribution in [0.2, 0.25) is 0 Å². The van der Waals surface area contributed by atoms with E-state index < -0.39 is 0 Å². The van der Waals surface area contributed by atoms with Gasteiger partial charge in [-0.1, -0.05) is 13.0 Å². The maximum Gasteiger partial charge on any atom is 0.246 e. The Morgan fingerprint density at radius 1 is 1.47 bits per heavy atom. The number of carbonyl (C=O) groups is 2. The molecule has 1 aliphatic heterocycles. The maximum absolute atomic E-state index is 12.1. The molecule has 102 valence electrons. The first-order chi connectivity index (χ1) is 9.15. The van der Waals surface area contributed by atoms with Crippen LogP contribution in [0.5, 0.6) is 5.88 Å². The average Bonchev–Trinajstić information content (AvgIpc) is 2.44. The monoisotopic (exact) mass is 263 g/mol. The van der Waals surface area contributed by atoms with Gasteiger partial charge in [-0.3, -0.25) is 19.8 Å². The molecule has 0 bridgehead atoms. The number of nitrogens with one attached hydrogen (secondary N) is 1. The van der Waals surface area contributed by atoms with Crippen molar-refractivity contribution in [2.45, 2.75) is 25.9 Å². The van der Waals surface area contributed by atoms with Gasteiger partial charge in [0.25, 0.3) is 0 Å². The predicted molar refractivity (Wildman–Crippen MR) is 68.4 cm³/mol. The number of methoxy groups -OCH3 is 1. The number of pyridine rings is 1. The van der Waals surface area contributed by atoms with Crippen LogP contribution in [-0.4, -0.2) is 41.4 Å². The molecule has 1 aromatic rings. The molecule has 6 heteroatoms. The first-order valence-corrected chi connectivity index (χ1v) is 6.23. The van der Waals surface area contributed by atoms with Crippen molar-refractivity contribution in [3.63, 3.8) is 0 Å². The van der Waals surface area contributed by atoms with Crippen molar-refractivity contribution in [1.82, 2.24) is 15.2 Å². The van der Waals surface area contributed by atoms with Gasteiger partial charge < -0.3 is 4.74 Å². The van der Waals surface area contributed by atoms with Gasteiger partial charge in [0, 0.05) is 6.07 Å². The van der Waals surface area contributed by atoms with Gasteiger partial charge in [0.15, 0.2) is 0 Å². The van der Waals surface area contributed by atoms with Crippen LogP contribution in [0, 0.1) is 0 Å².